The summed E-state index contributed by atoms with van der Waals surface area (Å²) in [6.07, 6.45) is 3.75. The van der Waals surface area contributed by atoms with Gasteiger partial charge in [-0.3, -0.25) is 19.3 Å². The van der Waals surface area contributed by atoms with Crippen LogP contribution in [0.2, 0.25) is 0 Å². The molecule has 1 aliphatic heterocycles. The molecule has 1 aliphatic carbocycles. The molecule has 1 heterocycles. The van der Waals surface area contributed by atoms with Crippen LogP contribution >= 0.6 is 22.2 Å². The van der Waals surface area contributed by atoms with Crippen molar-refractivity contribution in [2.45, 2.75) is 76.3 Å². The lowest BCUT2D eigenvalue weighted by Crippen LogP contribution is -2.61. The van der Waals surface area contributed by atoms with Crippen LogP contribution < -0.4 is 5.32 Å². The van der Waals surface area contributed by atoms with Crippen LogP contribution in [0.3, 0.4) is 0 Å². The lowest BCUT2D eigenvalue weighted by molar-refractivity contribution is -0.176. The molecule has 0 bridgehead atoms. The first kappa shape index (κ1) is 25.0. The van der Waals surface area contributed by atoms with Crippen LogP contribution in [0.5, 0.6) is 0 Å². The molecule has 3 amide bonds. The van der Waals surface area contributed by atoms with E-state index < -0.39 is 29.7 Å². The van der Waals surface area contributed by atoms with Gasteiger partial charge < -0.3 is 10.1 Å². The summed E-state index contributed by atoms with van der Waals surface area (Å²) < 4.78 is 5.44. The number of carbonyl (C=O) groups excluding carboxylic acids is 3. The fourth-order valence-electron chi connectivity index (χ4n) is 3.45. The van der Waals surface area contributed by atoms with Crippen LogP contribution in [-0.4, -0.2) is 74.9 Å². The first-order valence-electron chi connectivity index (χ1n) is 10.3. The summed E-state index contributed by atoms with van der Waals surface area (Å²) in [7, 11) is 2.67. The molecule has 1 saturated heterocycles. The minimum atomic E-state index is -1.20. The molecule has 0 aromatic heterocycles. The summed E-state index contributed by atoms with van der Waals surface area (Å²) in [4.78, 5) is 46.5. The van der Waals surface area contributed by atoms with Gasteiger partial charge in [0.05, 0.1) is 7.11 Å². The quantitative estimate of drug-likeness (QED) is 0.384. The average Bonchev–Trinajstić information content (AvgIpc) is 3.19. The third-order valence-electron chi connectivity index (χ3n) is 4.81. The van der Waals surface area contributed by atoms with Gasteiger partial charge in [-0.05, 0) is 69.2 Å². The highest BCUT2D eigenvalue weighted by Gasteiger charge is 2.42. The number of likely N-dealkylation sites (N-methyl/N-ethyl adjacent to an activating group) is 1. The van der Waals surface area contributed by atoms with Gasteiger partial charge in [0.1, 0.15) is 10.3 Å². The van der Waals surface area contributed by atoms with Gasteiger partial charge in [-0.1, -0.05) is 0 Å². The average molecular weight is 462 g/mol. The van der Waals surface area contributed by atoms with Crippen molar-refractivity contribution in [1.29, 1.82) is 0 Å². The number of rotatable bonds is 5. The Hall–Kier alpha value is -1.26. The van der Waals surface area contributed by atoms with E-state index in [2.05, 4.69) is 5.32 Å². The van der Waals surface area contributed by atoms with Gasteiger partial charge in [0, 0.05) is 14.0 Å². The van der Waals surface area contributed by atoms with Crippen LogP contribution in [0.1, 0.15) is 59.8 Å². The van der Waals surface area contributed by atoms with E-state index in [4.69, 9.17) is 9.57 Å². The second kappa shape index (κ2) is 10.9. The molecule has 172 valence electrons. The fraction of sp³-hybridized carbons (Fsp3) is 0.800. The Kier molecular flexibility index (Phi) is 9.05. The van der Waals surface area contributed by atoms with Crippen molar-refractivity contribution in [3.8, 4) is 0 Å². The molecule has 30 heavy (non-hydrogen) atoms. The van der Waals surface area contributed by atoms with Crippen molar-refractivity contribution in [1.82, 2.24) is 15.3 Å². The van der Waals surface area contributed by atoms with Crippen LogP contribution in [0, 0.1) is 0 Å². The summed E-state index contributed by atoms with van der Waals surface area (Å²) in [6.45, 7) is 6.71. The molecule has 3 atom stereocenters. The van der Waals surface area contributed by atoms with Crippen molar-refractivity contribution < 1.29 is 24.0 Å². The van der Waals surface area contributed by atoms with E-state index in [0.717, 1.165) is 35.8 Å². The summed E-state index contributed by atoms with van der Waals surface area (Å²) >= 11 is 1.67. The third kappa shape index (κ3) is 6.62. The predicted octanol–water partition coefficient (Wildman–Crippen LogP) is 3.14. The minimum absolute atomic E-state index is 0.162. The smallest absolute Gasteiger partial charge is 0.413 e. The molecule has 1 saturated carbocycles. The van der Waals surface area contributed by atoms with Crippen LogP contribution in [0.15, 0.2) is 0 Å². The Morgan fingerprint density at radius 3 is 2.37 bits per heavy atom. The van der Waals surface area contributed by atoms with Gasteiger partial charge in [-0.15, -0.1) is 11.8 Å². The van der Waals surface area contributed by atoms with E-state index in [1.54, 1.807) is 32.5 Å². The number of amides is 3. The maximum Gasteiger partial charge on any atom is 0.413 e. The summed E-state index contributed by atoms with van der Waals surface area (Å²) in [6, 6.07) is 0. The van der Waals surface area contributed by atoms with Crippen LogP contribution in [0.4, 0.5) is 4.79 Å². The molecular weight excluding hydrogens is 426 g/mol. The second-order valence-corrected chi connectivity index (χ2v) is 12.2. The zero-order chi connectivity index (χ0) is 22.5. The minimum Gasteiger partial charge on any atom is -0.444 e. The SMILES string of the molecule is CON(C)C(=O)C(NC(C)=O)N(C(=O)OC(C)(C)C)C1SCCCS1=C1CCCC1. The number of hydroxylamine groups is 2. The van der Waals surface area contributed by atoms with Crippen molar-refractivity contribution in [3.05, 3.63) is 0 Å². The van der Waals surface area contributed by atoms with Gasteiger partial charge in [0.15, 0.2) is 6.17 Å². The fourth-order valence-corrected chi connectivity index (χ4v) is 8.68. The van der Waals surface area contributed by atoms with Crippen LogP contribution in [-0.2, 0) is 19.2 Å². The predicted molar refractivity (Wildman–Crippen MR) is 122 cm³/mol. The number of hydrogen-bond donors (Lipinski definition) is 1. The zero-order valence-corrected chi connectivity index (χ0v) is 20.5. The lowest BCUT2D eigenvalue weighted by Gasteiger charge is -2.42. The largest absolute Gasteiger partial charge is 0.444 e. The summed E-state index contributed by atoms with van der Waals surface area (Å²) in [5.41, 5.74) is -0.731. The Bertz CT molecular complexity index is 684. The van der Waals surface area contributed by atoms with E-state index in [-0.39, 0.29) is 15.2 Å². The lowest BCUT2D eigenvalue weighted by atomic mass is 10.2. The zero-order valence-electron chi connectivity index (χ0n) is 18.9. The van der Waals surface area contributed by atoms with Crippen molar-refractivity contribution in [3.63, 3.8) is 0 Å². The standard InChI is InChI=1S/C20H35N3O5S2/c1-14(24)21-16(17(25)22(5)27-6)23(18(26)28-20(2,3)4)19-29-12-9-13-30(19)15-10-7-8-11-15/h16,19H,7-13H2,1-6H3,(H,21,24). The molecule has 0 aromatic rings. The number of hydrogen-bond acceptors (Lipinski definition) is 6. The third-order valence-corrected chi connectivity index (χ3v) is 9.55. The highest BCUT2D eigenvalue weighted by Crippen LogP contribution is 2.44. The molecule has 2 fully saturated rings. The number of nitrogens with one attached hydrogen (secondary N) is 1. The summed E-state index contributed by atoms with van der Waals surface area (Å²) in [5.74, 6) is 0.959. The maximum absolute atomic E-state index is 13.4. The van der Waals surface area contributed by atoms with E-state index >= 15 is 0 Å². The summed E-state index contributed by atoms with van der Waals surface area (Å²) in [5, 5.41) is 3.70. The first-order valence-corrected chi connectivity index (χ1v) is 12.8. The molecule has 0 aromatic carbocycles. The van der Waals surface area contributed by atoms with Gasteiger partial charge in [-0.25, -0.2) is 9.86 Å². The number of nitrogens with zero attached hydrogens (tertiary/aromatic N) is 2. The number of thioether (sulfide) groups is 1. The number of carbonyl (C=O) groups is 3. The molecule has 8 nitrogen and oxygen atoms in total. The molecule has 10 heteroatoms. The molecule has 0 radical (unpaired) electrons. The molecule has 0 spiro atoms. The topological polar surface area (TPSA) is 88.2 Å². The van der Waals surface area contributed by atoms with E-state index in [1.807, 2.05) is 0 Å². The van der Waals surface area contributed by atoms with Crippen molar-refractivity contribution >= 4 is 45.0 Å². The monoisotopic (exact) mass is 461 g/mol. The Morgan fingerprint density at radius 2 is 1.83 bits per heavy atom. The molecule has 2 aliphatic rings. The molecule has 1 N–H and O–H groups in total. The van der Waals surface area contributed by atoms with Gasteiger partial charge in [0.25, 0.3) is 5.91 Å². The Labute approximate surface area is 186 Å². The van der Waals surface area contributed by atoms with Gasteiger partial charge >= 0.3 is 6.09 Å². The highest BCUT2D eigenvalue weighted by molar-refractivity contribution is 8.26. The number of ether oxygens (including phenoxy) is 1. The molecular formula is C20H35N3O5S2. The van der Waals surface area contributed by atoms with Crippen molar-refractivity contribution in [2.24, 2.45) is 0 Å². The highest BCUT2D eigenvalue weighted by atomic mass is 32.2. The van der Waals surface area contributed by atoms with Crippen molar-refractivity contribution in [2.75, 3.05) is 25.7 Å². The van der Waals surface area contributed by atoms with E-state index in [1.165, 1.54) is 43.7 Å². The molecule has 2 rings (SSSR count). The van der Waals surface area contributed by atoms with Gasteiger partial charge in [0.2, 0.25) is 5.91 Å². The Balaban J connectivity index is 2.53. The van der Waals surface area contributed by atoms with E-state index in [9.17, 15) is 14.4 Å². The Morgan fingerprint density at radius 1 is 1.20 bits per heavy atom. The molecule has 3 unspecified atom stereocenters. The maximum atomic E-state index is 13.4. The second-order valence-electron chi connectivity index (χ2n) is 8.42. The van der Waals surface area contributed by atoms with E-state index in [0.29, 0.717) is 0 Å². The van der Waals surface area contributed by atoms with Gasteiger partial charge in [-0.2, -0.15) is 10.5 Å². The normalized spacial score (nSPS) is 22.9. The van der Waals surface area contributed by atoms with Crippen LogP contribution in [0.25, 0.3) is 0 Å². The first-order chi connectivity index (χ1) is 14.0.